The second-order valence-electron chi connectivity index (χ2n) is 2.20. The quantitative estimate of drug-likeness (QED) is 0.654. The van der Waals surface area contributed by atoms with Gasteiger partial charge in [0.25, 0.3) is 0 Å². The van der Waals surface area contributed by atoms with Crippen LogP contribution >= 0.6 is 11.6 Å². The van der Waals surface area contributed by atoms with Gasteiger partial charge >= 0.3 is 0 Å². The van der Waals surface area contributed by atoms with E-state index in [0.717, 1.165) is 18.5 Å². The van der Waals surface area contributed by atoms with E-state index in [-0.39, 0.29) is 0 Å². The average Bonchev–Trinajstić information content (AvgIpc) is 2.20. The van der Waals surface area contributed by atoms with Gasteiger partial charge in [0.2, 0.25) is 0 Å². The van der Waals surface area contributed by atoms with E-state index in [1.807, 2.05) is 7.05 Å². The van der Waals surface area contributed by atoms with Crippen LogP contribution in [0.1, 0.15) is 19.0 Å². The molecule has 0 spiro atoms. The molecule has 0 amide bonds. The molecule has 0 fully saturated rings. The molecule has 1 aromatic heterocycles. The highest BCUT2D eigenvalue weighted by atomic mass is 35.5. The molecule has 0 unspecified atom stereocenters. The predicted octanol–water partition coefficient (Wildman–Crippen LogP) is 1.42. The van der Waals surface area contributed by atoms with Crippen LogP contribution in [-0.4, -0.2) is 15.0 Å². The number of rotatable bonds is 2. The average molecular weight is 160 g/mol. The van der Waals surface area contributed by atoms with Crippen LogP contribution < -0.4 is 0 Å². The van der Waals surface area contributed by atoms with Gasteiger partial charge in [0.1, 0.15) is 0 Å². The van der Waals surface area contributed by atoms with Crippen molar-refractivity contribution in [3.8, 4) is 0 Å². The minimum atomic E-state index is 0.532. The first-order valence-electron chi connectivity index (χ1n) is 3.29. The third-order valence-electron chi connectivity index (χ3n) is 1.38. The Morgan fingerprint density at radius 3 is 2.70 bits per heavy atom. The largest absolute Gasteiger partial charge is 0.251 e. The van der Waals surface area contributed by atoms with Gasteiger partial charge in [0, 0.05) is 7.05 Å². The molecule has 0 aromatic carbocycles. The van der Waals surface area contributed by atoms with Gasteiger partial charge in [-0.1, -0.05) is 30.2 Å². The summed E-state index contributed by atoms with van der Waals surface area (Å²) in [6.45, 7) is 2.10. The summed E-state index contributed by atoms with van der Waals surface area (Å²) < 4.78 is 1.71. The second-order valence-corrected chi connectivity index (χ2v) is 2.56. The smallest absolute Gasteiger partial charge is 0.174 e. The van der Waals surface area contributed by atoms with Crippen molar-refractivity contribution in [2.24, 2.45) is 7.05 Å². The lowest BCUT2D eigenvalue weighted by molar-refractivity contribution is 0.669. The van der Waals surface area contributed by atoms with E-state index in [1.165, 1.54) is 0 Å². The summed E-state index contributed by atoms with van der Waals surface area (Å²) in [6.07, 6.45) is 2.02. The fourth-order valence-electron chi connectivity index (χ4n) is 0.853. The number of halogens is 1. The highest BCUT2D eigenvalue weighted by Crippen LogP contribution is 2.11. The van der Waals surface area contributed by atoms with Crippen LogP contribution in [0.3, 0.4) is 0 Å². The van der Waals surface area contributed by atoms with E-state index in [9.17, 15) is 0 Å². The number of aryl methyl sites for hydroxylation is 1. The van der Waals surface area contributed by atoms with Crippen molar-refractivity contribution in [1.29, 1.82) is 0 Å². The molecule has 0 N–H and O–H groups in total. The normalized spacial score (nSPS) is 10.3. The lowest BCUT2D eigenvalue weighted by atomic mass is 10.3. The molecular weight excluding hydrogens is 150 g/mol. The zero-order chi connectivity index (χ0) is 7.56. The van der Waals surface area contributed by atoms with E-state index in [4.69, 9.17) is 11.6 Å². The van der Waals surface area contributed by atoms with Crippen LogP contribution in [-0.2, 0) is 13.5 Å². The maximum absolute atomic E-state index is 5.73. The molecule has 0 aliphatic rings. The topological polar surface area (TPSA) is 30.7 Å². The molecule has 4 heteroatoms. The standard InChI is InChI=1S/C6H10ClN3/c1-3-4-5-6(7)8-9-10(5)2/h3-4H2,1-2H3. The summed E-state index contributed by atoms with van der Waals surface area (Å²) in [4.78, 5) is 0. The van der Waals surface area contributed by atoms with Gasteiger partial charge in [-0.25, -0.2) is 0 Å². The van der Waals surface area contributed by atoms with Crippen LogP contribution in [0.15, 0.2) is 0 Å². The van der Waals surface area contributed by atoms with Crippen molar-refractivity contribution in [2.45, 2.75) is 19.8 Å². The first-order valence-corrected chi connectivity index (χ1v) is 3.67. The number of aromatic nitrogens is 3. The van der Waals surface area contributed by atoms with Crippen molar-refractivity contribution < 1.29 is 0 Å². The molecule has 0 radical (unpaired) electrons. The summed E-state index contributed by atoms with van der Waals surface area (Å²) in [5, 5.41) is 8.01. The van der Waals surface area contributed by atoms with Crippen molar-refractivity contribution in [3.05, 3.63) is 10.8 Å². The summed E-state index contributed by atoms with van der Waals surface area (Å²) in [6, 6.07) is 0. The summed E-state index contributed by atoms with van der Waals surface area (Å²) in [5.74, 6) is 0. The Labute approximate surface area is 65.0 Å². The van der Waals surface area contributed by atoms with Crippen molar-refractivity contribution in [2.75, 3.05) is 0 Å². The fourth-order valence-corrected chi connectivity index (χ4v) is 1.10. The SMILES string of the molecule is CCCc1c(Cl)nnn1C. The Morgan fingerprint density at radius 1 is 1.60 bits per heavy atom. The molecule has 0 saturated heterocycles. The van der Waals surface area contributed by atoms with Crippen LogP contribution in [0.5, 0.6) is 0 Å². The van der Waals surface area contributed by atoms with Gasteiger partial charge in [-0.2, -0.15) is 0 Å². The molecule has 1 rings (SSSR count). The van der Waals surface area contributed by atoms with E-state index in [1.54, 1.807) is 4.68 Å². The van der Waals surface area contributed by atoms with E-state index < -0.39 is 0 Å². The number of hydrogen-bond donors (Lipinski definition) is 0. The Bertz CT molecular complexity index is 199. The van der Waals surface area contributed by atoms with Gasteiger partial charge in [0.15, 0.2) is 5.15 Å². The van der Waals surface area contributed by atoms with Gasteiger partial charge in [-0.15, -0.1) is 5.10 Å². The molecule has 1 aromatic rings. The number of hydrogen-bond acceptors (Lipinski definition) is 2. The zero-order valence-electron chi connectivity index (χ0n) is 6.13. The van der Waals surface area contributed by atoms with Crippen molar-refractivity contribution in [1.82, 2.24) is 15.0 Å². The predicted molar refractivity (Wildman–Crippen MR) is 40.0 cm³/mol. The molecule has 0 bridgehead atoms. The number of nitrogens with zero attached hydrogens (tertiary/aromatic N) is 3. The molecule has 0 aliphatic carbocycles. The van der Waals surface area contributed by atoms with Gasteiger partial charge in [-0.3, -0.25) is 4.68 Å². The fraction of sp³-hybridized carbons (Fsp3) is 0.667. The highest BCUT2D eigenvalue weighted by molar-refractivity contribution is 6.29. The molecule has 10 heavy (non-hydrogen) atoms. The molecule has 3 nitrogen and oxygen atoms in total. The molecule has 0 atom stereocenters. The minimum Gasteiger partial charge on any atom is -0.251 e. The Kier molecular flexibility index (Phi) is 2.27. The maximum Gasteiger partial charge on any atom is 0.174 e. The van der Waals surface area contributed by atoms with E-state index >= 15 is 0 Å². The Balaban J connectivity index is 2.87. The molecule has 1 heterocycles. The van der Waals surface area contributed by atoms with Crippen LogP contribution in [0.25, 0.3) is 0 Å². The highest BCUT2D eigenvalue weighted by Gasteiger charge is 2.05. The third-order valence-corrected chi connectivity index (χ3v) is 1.68. The summed E-state index contributed by atoms with van der Waals surface area (Å²) in [5.41, 5.74) is 1.02. The monoisotopic (exact) mass is 159 g/mol. The Morgan fingerprint density at radius 2 is 2.30 bits per heavy atom. The maximum atomic E-state index is 5.73. The van der Waals surface area contributed by atoms with Gasteiger partial charge < -0.3 is 0 Å². The van der Waals surface area contributed by atoms with E-state index in [0.29, 0.717) is 5.15 Å². The van der Waals surface area contributed by atoms with Crippen LogP contribution in [0.2, 0.25) is 5.15 Å². The Hall–Kier alpha value is -0.570. The van der Waals surface area contributed by atoms with Crippen molar-refractivity contribution >= 4 is 11.6 Å². The van der Waals surface area contributed by atoms with Crippen LogP contribution in [0.4, 0.5) is 0 Å². The lowest BCUT2D eigenvalue weighted by Crippen LogP contribution is -1.97. The molecule has 56 valence electrons. The van der Waals surface area contributed by atoms with Crippen LogP contribution in [0, 0.1) is 0 Å². The lowest BCUT2D eigenvalue weighted by Gasteiger charge is -1.95. The zero-order valence-corrected chi connectivity index (χ0v) is 6.89. The third kappa shape index (κ3) is 1.29. The first kappa shape index (κ1) is 7.54. The first-order chi connectivity index (χ1) is 4.75. The van der Waals surface area contributed by atoms with Gasteiger partial charge in [-0.05, 0) is 6.42 Å². The molecule has 0 aliphatic heterocycles. The van der Waals surface area contributed by atoms with Crippen molar-refractivity contribution in [3.63, 3.8) is 0 Å². The molecular formula is C6H10ClN3. The second kappa shape index (κ2) is 3.01. The molecule has 0 saturated carbocycles. The summed E-state index contributed by atoms with van der Waals surface area (Å²) in [7, 11) is 1.85. The van der Waals surface area contributed by atoms with E-state index in [2.05, 4.69) is 17.2 Å². The summed E-state index contributed by atoms with van der Waals surface area (Å²) >= 11 is 5.73. The minimum absolute atomic E-state index is 0.532. The van der Waals surface area contributed by atoms with Gasteiger partial charge in [0.05, 0.1) is 5.69 Å².